The maximum absolute atomic E-state index is 5.52. The Bertz CT molecular complexity index is 627. The molecule has 0 radical (unpaired) electrons. The summed E-state index contributed by atoms with van der Waals surface area (Å²) in [6.07, 6.45) is 2.96. The molecule has 0 aliphatic heterocycles. The highest BCUT2D eigenvalue weighted by Gasteiger charge is 2.09. The number of anilines is 2. The standard InChI is InChI=1S/C19H24N2S/c1-4-14-10-7-8-13-17(14)20-19(22)21-18-15(5-2)11-9-12-16(18)6-3/h7-13H,4-6H2,1-3H3,(H2,20,21,22). The topological polar surface area (TPSA) is 24.1 Å². The van der Waals surface area contributed by atoms with Gasteiger partial charge in [0.05, 0.1) is 0 Å². The molecule has 3 heteroatoms. The first kappa shape index (κ1) is 16.5. The van der Waals surface area contributed by atoms with Crippen LogP contribution in [0.1, 0.15) is 37.5 Å². The molecule has 0 saturated heterocycles. The number of aryl methyl sites for hydroxylation is 3. The van der Waals surface area contributed by atoms with Gasteiger partial charge in [-0.05, 0) is 54.2 Å². The van der Waals surface area contributed by atoms with Crippen LogP contribution in [-0.2, 0) is 19.3 Å². The molecule has 0 amide bonds. The van der Waals surface area contributed by atoms with Crippen molar-refractivity contribution in [2.75, 3.05) is 10.6 Å². The lowest BCUT2D eigenvalue weighted by atomic mass is 10.0. The maximum atomic E-state index is 5.52. The molecule has 2 N–H and O–H groups in total. The number of para-hydroxylation sites is 2. The Morgan fingerprint density at radius 1 is 0.773 bits per heavy atom. The predicted octanol–water partition coefficient (Wildman–Crippen LogP) is 5.18. The molecule has 2 nitrogen and oxygen atoms in total. The molecule has 116 valence electrons. The van der Waals surface area contributed by atoms with Crippen LogP contribution in [0.25, 0.3) is 0 Å². The van der Waals surface area contributed by atoms with E-state index in [0.717, 1.165) is 30.6 Å². The summed E-state index contributed by atoms with van der Waals surface area (Å²) in [5.41, 5.74) is 6.10. The average Bonchev–Trinajstić information content (AvgIpc) is 2.55. The van der Waals surface area contributed by atoms with E-state index in [4.69, 9.17) is 12.2 Å². The van der Waals surface area contributed by atoms with Gasteiger partial charge in [-0.15, -0.1) is 0 Å². The van der Waals surface area contributed by atoms with Crippen LogP contribution in [0.2, 0.25) is 0 Å². The van der Waals surface area contributed by atoms with E-state index in [9.17, 15) is 0 Å². The van der Waals surface area contributed by atoms with Gasteiger partial charge < -0.3 is 10.6 Å². The van der Waals surface area contributed by atoms with E-state index in [1.54, 1.807) is 0 Å². The van der Waals surface area contributed by atoms with E-state index < -0.39 is 0 Å². The van der Waals surface area contributed by atoms with Gasteiger partial charge in [0.1, 0.15) is 0 Å². The molecule has 0 saturated carbocycles. The van der Waals surface area contributed by atoms with Crippen LogP contribution >= 0.6 is 12.2 Å². The lowest BCUT2D eigenvalue weighted by molar-refractivity contribution is 1.09. The molecule has 0 spiro atoms. The van der Waals surface area contributed by atoms with Crippen LogP contribution in [-0.4, -0.2) is 5.11 Å². The molecule has 2 aromatic rings. The molecule has 0 bridgehead atoms. The molecular formula is C19H24N2S. The zero-order valence-electron chi connectivity index (χ0n) is 13.6. The second-order valence-corrected chi connectivity index (χ2v) is 5.66. The van der Waals surface area contributed by atoms with Crippen molar-refractivity contribution in [2.45, 2.75) is 40.0 Å². The first-order chi connectivity index (χ1) is 10.7. The number of hydrogen-bond acceptors (Lipinski definition) is 1. The quantitative estimate of drug-likeness (QED) is 0.744. The highest BCUT2D eigenvalue weighted by atomic mass is 32.1. The Hall–Kier alpha value is -1.87. The molecule has 0 unspecified atom stereocenters. The van der Waals surface area contributed by atoms with Crippen molar-refractivity contribution in [1.29, 1.82) is 0 Å². The molecular weight excluding hydrogens is 288 g/mol. The second-order valence-electron chi connectivity index (χ2n) is 5.25. The first-order valence-electron chi connectivity index (χ1n) is 7.96. The van der Waals surface area contributed by atoms with E-state index >= 15 is 0 Å². The Balaban J connectivity index is 2.19. The molecule has 0 atom stereocenters. The molecule has 0 aliphatic carbocycles. The number of rotatable bonds is 5. The molecule has 0 heterocycles. The lowest BCUT2D eigenvalue weighted by Gasteiger charge is -2.18. The third kappa shape index (κ3) is 3.86. The van der Waals surface area contributed by atoms with Crippen molar-refractivity contribution < 1.29 is 0 Å². The number of nitrogens with one attached hydrogen (secondary N) is 2. The van der Waals surface area contributed by atoms with Gasteiger partial charge in [-0.1, -0.05) is 57.2 Å². The minimum absolute atomic E-state index is 0.650. The van der Waals surface area contributed by atoms with E-state index in [1.807, 2.05) is 6.07 Å². The fourth-order valence-electron chi connectivity index (χ4n) is 2.62. The molecule has 0 aliphatic rings. The zero-order valence-corrected chi connectivity index (χ0v) is 14.4. The van der Waals surface area contributed by atoms with Crippen LogP contribution in [0, 0.1) is 0 Å². The molecule has 2 aromatic carbocycles. The van der Waals surface area contributed by atoms with Crippen LogP contribution in [0.15, 0.2) is 42.5 Å². The minimum Gasteiger partial charge on any atom is -0.332 e. The Morgan fingerprint density at radius 2 is 1.32 bits per heavy atom. The van der Waals surface area contributed by atoms with Crippen molar-refractivity contribution >= 4 is 28.7 Å². The SMILES string of the molecule is CCc1ccccc1NC(=S)Nc1c(CC)cccc1CC. The third-order valence-corrected chi connectivity index (χ3v) is 4.09. The number of benzene rings is 2. The van der Waals surface area contributed by atoms with Gasteiger partial charge in [0, 0.05) is 11.4 Å². The first-order valence-corrected chi connectivity index (χ1v) is 8.37. The van der Waals surface area contributed by atoms with Crippen molar-refractivity contribution in [3.8, 4) is 0 Å². The summed E-state index contributed by atoms with van der Waals surface area (Å²) in [4.78, 5) is 0. The van der Waals surface area contributed by atoms with E-state index in [1.165, 1.54) is 16.7 Å². The molecule has 22 heavy (non-hydrogen) atoms. The number of hydrogen-bond donors (Lipinski definition) is 2. The Kier molecular flexibility index (Phi) is 5.96. The summed E-state index contributed by atoms with van der Waals surface area (Å²) in [5.74, 6) is 0. The van der Waals surface area contributed by atoms with Gasteiger partial charge in [-0.2, -0.15) is 0 Å². The molecule has 2 rings (SSSR count). The smallest absolute Gasteiger partial charge is 0.175 e. The van der Waals surface area contributed by atoms with Crippen LogP contribution in [0.5, 0.6) is 0 Å². The predicted molar refractivity (Wildman–Crippen MR) is 101 cm³/mol. The average molecular weight is 312 g/mol. The minimum atomic E-state index is 0.650. The summed E-state index contributed by atoms with van der Waals surface area (Å²) in [7, 11) is 0. The summed E-state index contributed by atoms with van der Waals surface area (Å²) in [5, 5.41) is 7.38. The normalized spacial score (nSPS) is 10.3. The van der Waals surface area contributed by atoms with E-state index in [-0.39, 0.29) is 0 Å². The largest absolute Gasteiger partial charge is 0.332 e. The molecule has 0 aromatic heterocycles. The van der Waals surface area contributed by atoms with Crippen molar-refractivity contribution in [1.82, 2.24) is 0 Å². The second kappa shape index (κ2) is 7.95. The van der Waals surface area contributed by atoms with Gasteiger partial charge in [0.25, 0.3) is 0 Å². The highest BCUT2D eigenvalue weighted by molar-refractivity contribution is 7.80. The summed E-state index contributed by atoms with van der Waals surface area (Å²) < 4.78 is 0. The summed E-state index contributed by atoms with van der Waals surface area (Å²) >= 11 is 5.52. The Morgan fingerprint density at radius 3 is 1.91 bits per heavy atom. The molecule has 0 fully saturated rings. The fourth-order valence-corrected chi connectivity index (χ4v) is 2.83. The monoisotopic (exact) mass is 312 g/mol. The zero-order chi connectivity index (χ0) is 15.9. The van der Waals surface area contributed by atoms with Crippen molar-refractivity contribution in [2.24, 2.45) is 0 Å². The summed E-state index contributed by atoms with van der Waals surface area (Å²) in [6.45, 7) is 6.49. The summed E-state index contributed by atoms with van der Waals surface area (Å²) in [6, 6.07) is 14.7. The van der Waals surface area contributed by atoms with Crippen LogP contribution < -0.4 is 10.6 Å². The van der Waals surface area contributed by atoms with Crippen molar-refractivity contribution in [3.05, 3.63) is 59.2 Å². The maximum Gasteiger partial charge on any atom is 0.175 e. The van der Waals surface area contributed by atoms with Crippen LogP contribution in [0.4, 0.5) is 11.4 Å². The lowest BCUT2D eigenvalue weighted by Crippen LogP contribution is -2.21. The highest BCUT2D eigenvalue weighted by Crippen LogP contribution is 2.23. The van der Waals surface area contributed by atoms with Crippen LogP contribution in [0.3, 0.4) is 0 Å². The van der Waals surface area contributed by atoms with Gasteiger partial charge >= 0.3 is 0 Å². The van der Waals surface area contributed by atoms with Gasteiger partial charge in [0.2, 0.25) is 0 Å². The number of thiocarbonyl (C=S) groups is 1. The Labute approximate surface area is 139 Å². The van der Waals surface area contributed by atoms with E-state index in [2.05, 4.69) is 67.8 Å². The van der Waals surface area contributed by atoms with E-state index in [0.29, 0.717) is 5.11 Å². The van der Waals surface area contributed by atoms with Crippen molar-refractivity contribution in [3.63, 3.8) is 0 Å². The fraction of sp³-hybridized carbons (Fsp3) is 0.316. The van der Waals surface area contributed by atoms with Gasteiger partial charge in [0.15, 0.2) is 5.11 Å². The van der Waals surface area contributed by atoms with Gasteiger partial charge in [-0.3, -0.25) is 0 Å². The third-order valence-electron chi connectivity index (χ3n) is 3.88. The van der Waals surface area contributed by atoms with Gasteiger partial charge in [-0.25, -0.2) is 0 Å².